The molecule has 0 unspecified atom stereocenters. The van der Waals surface area contributed by atoms with Crippen LogP contribution in [0.4, 0.5) is 5.69 Å². The minimum Gasteiger partial charge on any atom is -0.507 e. The van der Waals surface area contributed by atoms with Crippen LogP contribution in [0.3, 0.4) is 0 Å². The number of anilines is 1. The summed E-state index contributed by atoms with van der Waals surface area (Å²) < 4.78 is 10.9. The maximum atomic E-state index is 12.2. The summed E-state index contributed by atoms with van der Waals surface area (Å²) >= 11 is 0. The van der Waals surface area contributed by atoms with Crippen molar-refractivity contribution in [1.29, 1.82) is 0 Å². The van der Waals surface area contributed by atoms with Crippen molar-refractivity contribution in [2.45, 2.75) is 0 Å². The van der Waals surface area contributed by atoms with Crippen LogP contribution in [0.25, 0.3) is 6.08 Å². The Balaban J connectivity index is 2.39. The van der Waals surface area contributed by atoms with E-state index in [9.17, 15) is 9.90 Å². The highest BCUT2D eigenvalue weighted by Gasteiger charge is 2.15. The molecule has 0 spiro atoms. The lowest BCUT2D eigenvalue weighted by Gasteiger charge is -2.20. The van der Waals surface area contributed by atoms with Gasteiger partial charge in [-0.25, -0.2) is 0 Å². The van der Waals surface area contributed by atoms with Crippen LogP contribution in [0.5, 0.6) is 17.2 Å². The second-order valence-electron chi connectivity index (χ2n) is 5.35. The first-order chi connectivity index (χ1) is 11.5. The van der Waals surface area contributed by atoms with Crippen LogP contribution in [-0.4, -0.2) is 39.2 Å². The van der Waals surface area contributed by atoms with E-state index in [1.165, 1.54) is 12.1 Å². The maximum Gasteiger partial charge on any atom is 0.189 e. The smallest absolute Gasteiger partial charge is 0.189 e. The number of carbonyl (C=O) groups excluding carboxylic acids is 1. The lowest BCUT2D eigenvalue weighted by atomic mass is 10.1. The number of hydrogen-bond acceptors (Lipinski definition) is 5. The van der Waals surface area contributed by atoms with Crippen molar-refractivity contribution in [2.24, 2.45) is 0 Å². The number of benzene rings is 2. The lowest BCUT2D eigenvalue weighted by molar-refractivity contribution is 0.104. The van der Waals surface area contributed by atoms with Crippen LogP contribution in [0.2, 0.25) is 0 Å². The molecule has 2 aromatic rings. The van der Waals surface area contributed by atoms with Crippen LogP contribution >= 0.6 is 0 Å². The summed E-state index contributed by atoms with van der Waals surface area (Å²) in [6.45, 7) is 0. The van der Waals surface area contributed by atoms with Gasteiger partial charge in [0, 0.05) is 19.7 Å². The van der Waals surface area contributed by atoms with E-state index in [-0.39, 0.29) is 17.1 Å². The number of aromatic hydroxyl groups is 1. The van der Waals surface area contributed by atoms with Gasteiger partial charge in [-0.2, -0.15) is 0 Å². The SMILES string of the molecule is COc1c(C=CC(=O)c2ccccc2O)ccc(N(C)C)c1OC. The summed E-state index contributed by atoms with van der Waals surface area (Å²) in [5, 5.41) is 9.75. The summed E-state index contributed by atoms with van der Waals surface area (Å²) in [5.74, 6) is 0.815. The highest BCUT2D eigenvalue weighted by Crippen LogP contribution is 2.40. The van der Waals surface area contributed by atoms with Crippen molar-refractivity contribution in [1.82, 2.24) is 0 Å². The highest BCUT2D eigenvalue weighted by atomic mass is 16.5. The third kappa shape index (κ3) is 3.51. The van der Waals surface area contributed by atoms with Crippen molar-refractivity contribution in [3.63, 3.8) is 0 Å². The zero-order valence-electron chi connectivity index (χ0n) is 14.2. The molecule has 0 atom stereocenters. The molecule has 2 rings (SSSR count). The van der Waals surface area contributed by atoms with Gasteiger partial charge in [-0.3, -0.25) is 4.79 Å². The van der Waals surface area contributed by atoms with Crippen molar-refractivity contribution < 1.29 is 19.4 Å². The number of allylic oxidation sites excluding steroid dienone is 1. The zero-order valence-corrected chi connectivity index (χ0v) is 14.2. The van der Waals surface area contributed by atoms with Gasteiger partial charge in [-0.05, 0) is 36.4 Å². The molecule has 0 heterocycles. The Morgan fingerprint density at radius 3 is 2.29 bits per heavy atom. The Morgan fingerprint density at radius 2 is 1.71 bits per heavy atom. The fourth-order valence-electron chi connectivity index (χ4n) is 2.40. The minimum absolute atomic E-state index is 0.0420. The number of methoxy groups -OCH3 is 2. The van der Waals surface area contributed by atoms with Crippen LogP contribution < -0.4 is 14.4 Å². The average Bonchev–Trinajstić information content (AvgIpc) is 2.58. The Labute approximate surface area is 141 Å². The Hall–Kier alpha value is -2.95. The van der Waals surface area contributed by atoms with Gasteiger partial charge in [0.15, 0.2) is 17.3 Å². The zero-order chi connectivity index (χ0) is 17.7. The number of hydrogen-bond donors (Lipinski definition) is 1. The molecule has 0 aromatic heterocycles. The first-order valence-corrected chi connectivity index (χ1v) is 7.42. The summed E-state index contributed by atoms with van der Waals surface area (Å²) in [5.41, 5.74) is 1.84. The topological polar surface area (TPSA) is 59.0 Å². The van der Waals surface area contributed by atoms with Gasteiger partial charge in [0.1, 0.15) is 5.75 Å². The number of carbonyl (C=O) groups is 1. The van der Waals surface area contributed by atoms with E-state index in [1.807, 2.05) is 31.1 Å². The molecule has 24 heavy (non-hydrogen) atoms. The molecule has 1 N–H and O–H groups in total. The van der Waals surface area contributed by atoms with E-state index in [2.05, 4.69) is 0 Å². The monoisotopic (exact) mass is 327 g/mol. The summed E-state index contributed by atoms with van der Waals surface area (Å²) in [6, 6.07) is 10.2. The van der Waals surface area contributed by atoms with Gasteiger partial charge in [0.2, 0.25) is 0 Å². The normalized spacial score (nSPS) is 10.7. The van der Waals surface area contributed by atoms with Gasteiger partial charge in [0.25, 0.3) is 0 Å². The van der Waals surface area contributed by atoms with Crippen molar-refractivity contribution in [3.05, 3.63) is 53.6 Å². The molecule has 0 bridgehead atoms. The predicted octanol–water partition coefficient (Wildman–Crippen LogP) is 3.37. The quantitative estimate of drug-likeness (QED) is 0.651. The number of nitrogens with zero attached hydrogens (tertiary/aromatic N) is 1. The maximum absolute atomic E-state index is 12.2. The standard InChI is InChI=1S/C19H21NO4/c1-20(2)15-11-9-13(18(23-3)19(15)24-4)10-12-17(22)14-7-5-6-8-16(14)21/h5-12,21H,1-4H3. The Bertz CT molecular complexity index is 766. The number of rotatable bonds is 6. The van der Waals surface area contributed by atoms with Crippen molar-refractivity contribution in [2.75, 3.05) is 33.2 Å². The van der Waals surface area contributed by atoms with Crippen LogP contribution in [0, 0.1) is 0 Å². The van der Waals surface area contributed by atoms with E-state index in [4.69, 9.17) is 9.47 Å². The van der Waals surface area contributed by atoms with E-state index < -0.39 is 0 Å². The van der Waals surface area contributed by atoms with Crippen molar-refractivity contribution >= 4 is 17.5 Å². The van der Waals surface area contributed by atoms with Crippen molar-refractivity contribution in [3.8, 4) is 17.2 Å². The average molecular weight is 327 g/mol. The third-order valence-electron chi connectivity index (χ3n) is 3.60. The van der Waals surface area contributed by atoms with Crippen LogP contribution in [-0.2, 0) is 0 Å². The van der Waals surface area contributed by atoms with E-state index in [0.29, 0.717) is 17.1 Å². The number of ketones is 1. The van der Waals surface area contributed by atoms with Crippen LogP contribution in [0.1, 0.15) is 15.9 Å². The molecule has 0 amide bonds. The molecule has 2 aromatic carbocycles. The summed E-state index contributed by atoms with van der Waals surface area (Å²) in [7, 11) is 6.95. The molecule has 0 aliphatic heterocycles. The number of para-hydroxylation sites is 1. The summed E-state index contributed by atoms with van der Waals surface area (Å²) in [6.07, 6.45) is 3.05. The highest BCUT2D eigenvalue weighted by molar-refractivity contribution is 6.08. The number of phenols is 1. The molecular weight excluding hydrogens is 306 g/mol. The largest absolute Gasteiger partial charge is 0.507 e. The first kappa shape index (κ1) is 17.4. The summed E-state index contributed by atoms with van der Waals surface area (Å²) in [4.78, 5) is 14.2. The van der Waals surface area contributed by atoms with Gasteiger partial charge in [-0.15, -0.1) is 0 Å². The fraction of sp³-hybridized carbons (Fsp3) is 0.211. The molecule has 0 radical (unpaired) electrons. The molecule has 5 heteroatoms. The minimum atomic E-state index is -0.286. The number of ether oxygens (including phenoxy) is 2. The molecule has 126 valence electrons. The molecule has 0 saturated carbocycles. The number of phenolic OH excluding ortho intramolecular Hbond substituents is 1. The predicted molar refractivity (Wildman–Crippen MR) is 95.3 cm³/mol. The Morgan fingerprint density at radius 1 is 1.04 bits per heavy atom. The second-order valence-corrected chi connectivity index (χ2v) is 5.35. The fourth-order valence-corrected chi connectivity index (χ4v) is 2.40. The van der Waals surface area contributed by atoms with Gasteiger partial charge in [0.05, 0.1) is 25.5 Å². The molecule has 5 nitrogen and oxygen atoms in total. The third-order valence-corrected chi connectivity index (χ3v) is 3.60. The van der Waals surface area contributed by atoms with Gasteiger partial charge < -0.3 is 19.5 Å². The molecule has 0 fully saturated rings. The molecule has 0 saturated heterocycles. The Kier molecular flexibility index (Phi) is 5.47. The van der Waals surface area contributed by atoms with E-state index >= 15 is 0 Å². The van der Waals surface area contributed by atoms with E-state index in [1.54, 1.807) is 38.5 Å². The second kappa shape index (κ2) is 7.55. The van der Waals surface area contributed by atoms with Gasteiger partial charge in [-0.1, -0.05) is 12.1 Å². The lowest BCUT2D eigenvalue weighted by Crippen LogP contribution is -2.11. The van der Waals surface area contributed by atoms with Gasteiger partial charge >= 0.3 is 0 Å². The molecule has 0 aliphatic carbocycles. The molecular formula is C19H21NO4. The van der Waals surface area contributed by atoms with Crippen LogP contribution in [0.15, 0.2) is 42.5 Å². The van der Waals surface area contributed by atoms with E-state index in [0.717, 1.165) is 5.69 Å². The first-order valence-electron chi connectivity index (χ1n) is 7.42. The molecule has 0 aliphatic rings.